The van der Waals surface area contributed by atoms with Crippen molar-refractivity contribution in [3.63, 3.8) is 0 Å². The number of carboxylic acids is 1. The fraction of sp³-hybridized carbons (Fsp3) is 0.522. The van der Waals surface area contributed by atoms with E-state index in [4.69, 9.17) is 5.11 Å². The number of carboxylic acid groups (broad SMARTS) is 1. The Balaban J connectivity index is 1.31. The largest absolute Gasteiger partial charge is 0.481 e. The Labute approximate surface area is 156 Å². The number of aliphatic carboxylic acids is 1. The number of rotatable bonds is 6. The normalized spacial score (nSPS) is 30.4. The van der Waals surface area contributed by atoms with Gasteiger partial charge < -0.3 is 10.0 Å². The first kappa shape index (κ1) is 17.4. The minimum atomic E-state index is -0.617. The average Bonchev–Trinajstić information content (AvgIpc) is 3.48. The van der Waals surface area contributed by atoms with Gasteiger partial charge in [0.05, 0.1) is 5.92 Å². The second-order valence-electron chi connectivity index (χ2n) is 8.21. The molecule has 0 bridgehead atoms. The van der Waals surface area contributed by atoms with Gasteiger partial charge in [-0.2, -0.15) is 0 Å². The summed E-state index contributed by atoms with van der Waals surface area (Å²) in [5.41, 5.74) is 2.67. The van der Waals surface area contributed by atoms with Crippen LogP contribution in [0.25, 0.3) is 0 Å². The fourth-order valence-corrected chi connectivity index (χ4v) is 4.64. The lowest BCUT2D eigenvalue weighted by Crippen LogP contribution is -2.38. The smallest absolute Gasteiger partial charge is 0.306 e. The molecule has 0 spiro atoms. The lowest BCUT2D eigenvalue weighted by Gasteiger charge is -2.37. The number of piperidine rings is 1. The summed E-state index contributed by atoms with van der Waals surface area (Å²) in [4.78, 5) is 13.5. The zero-order chi connectivity index (χ0) is 17.9. The van der Waals surface area contributed by atoms with E-state index < -0.39 is 5.97 Å². The van der Waals surface area contributed by atoms with Crippen molar-refractivity contribution in [2.75, 3.05) is 18.0 Å². The van der Waals surface area contributed by atoms with E-state index in [9.17, 15) is 4.79 Å². The number of hydrogen-bond acceptors (Lipinski definition) is 2. The molecule has 2 fully saturated rings. The van der Waals surface area contributed by atoms with Gasteiger partial charge in [-0.05, 0) is 74.0 Å². The third-order valence-electron chi connectivity index (χ3n) is 6.42. The standard InChI is InChI=1S/C23H29NO2/c25-23(26)22-15-19(22)11-8-17-9-12-21(13-10-17)24-14-4-7-20(16-24)18-5-2-1-3-6-18/h1-3,5,9-10,12-13,18-20,22H,4,6-8,11,14-16H2,(H,25,26)/t18?,19-,20-,22-/m0/s1. The number of anilines is 1. The van der Waals surface area contributed by atoms with Gasteiger partial charge in [0.15, 0.2) is 0 Å². The Morgan fingerprint density at radius 1 is 1.19 bits per heavy atom. The van der Waals surface area contributed by atoms with Gasteiger partial charge in [-0.25, -0.2) is 0 Å². The topological polar surface area (TPSA) is 40.5 Å². The molecular weight excluding hydrogens is 322 g/mol. The maximum Gasteiger partial charge on any atom is 0.306 e. The molecule has 26 heavy (non-hydrogen) atoms. The molecule has 1 unspecified atom stereocenters. The maximum atomic E-state index is 10.9. The zero-order valence-electron chi connectivity index (χ0n) is 15.4. The van der Waals surface area contributed by atoms with E-state index in [0.29, 0.717) is 11.8 Å². The molecule has 3 heteroatoms. The minimum Gasteiger partial charge on any atom is -0.481 e. The first-order valence-corrected chi connectivity index (χ1v) is 10.1. The van der Waals surface area contributed by atoms with E-state index in [-0.39, 0.29) is 5.92 Å². The van der Waals surface area contributed by atoms with Gasteiger partial charge in [0.1, 0.15) is 0 Å². The Kier molecular flexibility index (Phi) is 5.14. The molecule has 4 atom stereocenters. The van der Waals surface area contributed by atoms with Crippen molar-refractivity contribution in [1.29, 1.82) is 0 Å². The quantitative estimate of drug-likeness (QED) is 0.808. The third-order valence-corrected chi connectivity index (χ3v) is 6.42. The first-order chi connectivity index (χ1) is 12.7. The number of allylic oxidation sites excluding steroid dienone is 4. The van der Waals surface area contributed by atoms with Crippen molar-refractivity contribution in [2.45, 2.75) is 38.5 Å². The van der Waals surface area contributed by atoms with Crippen LogP contribution < -0.4 is 4.90 Å². The average molecular weight is 351 g/mol. The van der Waals surface area contributed by atoms with Crippen molar-refractivity contribution >= 4 is 11.7 Å². The summed E-state index contributed by atoms with van der Waals surface area (Å²) in [7, 11) is 0. The third kappa shape index (κ3) is 4.03. The van der Waals surface area contributed by atoms with Crippen molar-refractivity contribution in [2.24, 2.45) is 23.7 Å². The Morgan fingerprint density at radius 2 is 2.04 bits per heavy atom. The summed E-state index contributed by atoms with van der Waals surface area (Å²) >= 11 is 0. The Bertz CT molecular complexity index is 691. The highest BCUT2D eigenvalue weighted by Crippen LogP contribution is 2.42. The summed E-state index contributed by atoms with van der Waals surface area (Å²) in [6.45, 7) is 2.31. The lowest BCUT2D eigenvalue weighted by molar-refractivity contribution is -0.138. The molecule has 0 amide bonds. The van der Waals surface area contributed by atoms with Gasteiger partial charge in [-0.1, -0.05) is 36.4 Å². The molecule has 4 rings (SSSR count). The molecule has 138 valence electrons. The van der Waals surface area contributed by atoms with Crippen LogP contribution in [-0.2, 0) is 11.2 Å². The highest BCUT2D eigenvalue weighted by Gasteiger charge is 2.42. The lowest BCUT2D eigenvalue weighted by atomic mass is 9.81. The van der Waals surface area contributed by atoms with Crippen LogP contribution in [0.5, 0.6) is 0 Å². The van der Waals surface area contributed by atoms with Crippen molar-refractivity contribution < 1.29 is 9.90 Å². The molecule has 1 aliphatic heterocycles. The predicted octanol–water partition coefficient (Wildman–Crippen LogP) is 4.69. The van der Waals surface area contributed by atoms with E-state index in [1.165, 1.54) is 30.5 Å². The number of aryl methyl sites for hydroxylation is 1. The van der Waals surface area contributed by atoms with Gasteiger partial charge in [0, 0.05) is 18.8 Å². The van der Waals surface area contributed by atoms with Crippen molar-refractivity contribution in [1.82, 2.24) is 0 Å². The van der Waals surface area contributed by atoms with Crippen LogP contribution in [0.1, 0.15) is 37.7 Å². The molecule has 3 aliphatic rings. The van der Waals surface area contributed by atoms with E-state index in [2.05, 4.69) is 53.5 Å². The van der Waals surface area contributed by atoms with Gasteiger partial charge in [-0.3, -0.25) is 4.79 Å². The molecule has 0 radical (unpaired) electrons. The minimum absolute atomic E-state index is 0.0803. The zero-order valence-corrected chi connectivity index (χ0v) is 15.4. The van der Waals surface area contributed by atoms with E-state index in [1.54, 1.807) is 0 Å². The molecule has 3 nitrogen and oxygen atoms in total. The van der Waals surface area contributed by atoms with Crippen LogP contribution in [0.3, 0.4) is 0 Å². The number of benzene rings is 1. The van der Waals surface area contributed by atoms with Crippen LogP contribution in [-0.4, -0.2) is 24.2 Å². The van der Waals surface area contributed by atoms with Crippen molar-refractivity contribution in [3.8, 4) is 0 Å². The molecule has 1 saturated heterocycles. The summed E-state index contributed by atoms with van der Waals surface area (Å²) in [5.74, 6) is 1.15. The molecule has 1 N–H and O–H groups in total. The summed E-state index contributed by atoms with van der Waals surface area (Å²) in [6.07, 6.45) is 15.7. The van der Waals surface area contributed by atoms with Gasteiger partial charge in [0.2, 0.25) is 0 Å². The predicted molar refractivity (Wildman–Crippen MR) is 105 cm³/mol. The van der Waals surface area contributed by atoms with Gasteiger partial charge in [0.25, 0.3) is 0 Å². The molecule has 2 aliphatic carbocycles. The van der Waals surface area contributed by atoms with Crippen LogP contribution >= 0.6 is 0 Å². The van der Waals surface area contributed by atoms with Crippen molar-refractivity contribution in [3.05, 3.63) is 54.1 Å². The van der Waals surface area contributed by atoms with Crippen LogP contribution in [0.2, 0.25) is 0 Å². The van der Waals surface area contributed by atoms with Crippen LogP contribution in [0.15, 0.2) is 48.6 Å². The molecule has 1 aromatic rings. The van der Waals surface area contributed by atoms with E-state index >= 15 is 0 Å². The van der Waals surface area contributed by atoms with Crippen LogP contribution in [0.4, 0.5) is 5.69 Å². The summed E-state index contributed by atoms with van der Waals surface area (Å²) < 4.78 is 0. The second kappa shape index (κ2) is 7.69. The maximum absolute atomic E-state index is 10.9. The first-order valence-electron chi connectivity index (χ1n) is 10.1. The van der Waals surface area contributed by atoms with E-state index in [1.807, 2.05) is 0 Å². The molecule has 1 heterocycles. The fourth-order valence-electron chi connectivity index (χ4n) is 4.64. The number of nitrogens with zero attached hydrogens (tertiary/aromatic N) is 1. The summed E-state index contributed by atoms with van der Waals surface area (Å²) in [5, 5.41) is 9.00. The SMILES string of the molecule is O=C(O)[C@H]1C[C@@H]1CCc1ccc(N2CCC[C@H](C3C=CC=CC3)C2)cc1. The molecule has 0 aromatic heterocycles. The number of carbonyl (C=O) groups is 1. The second-order valence-corrected chi connectivity index (χ2v) is 8.21. The molecular formula is C23H29NO2. The molecule has 1 saturated carbocycles. The monoisotopic (exact) mass is 351 g/mol. The summed E-state index contributed by atoms with van der Waals surface area (Å²) in [6, 6.07) is 8.99. The van der Waals surface area contributed by atoms with Gasteiger partial charge >= 0.3 is 5.97 Å². The van der Waals surface area contributed by atoms with E-state index in [0.717, 1.165) is 38.3 Å². The van der Waals surface area contributed by atoms with Gasteiger partial charge in [-0.15, -0.1) is 0 Å². The van der Waals surface area contributed by atoms with Crippen LogP contribution in [0, 0.1) is 23.7 Å². The Morgan fingerprint density at radius 3 is 2.73 bits per heavy atom. The highest BCUT2D eigenvalue weighted by molar-refractivity contribution is 5.73. The Hall–Kier alpha value is -2.03. The number of hydrogen-bond donors (Lipinski definition) is 1. The molecule has 1 aromatic carbocycles. The highest BCUT2D eigenvalue weighted by atomic mass is 16.4.